The van der Waals surface area contributed by atoms with E-state index in [-0.39, 0.29) is 18.4 Å². The van der Waals surface area contributed by atoms with Crippen molar-refractivity contribution in [2.75, 3.05) is 32.2 Å². The summed E-state index contributed by atoms with van der Waals surface area (Å²) in [5, 5.41) is 0. The van der Waals surface area contributed by atoms with E-state index in [4.69, 9.17) is 15.2 Å². The smallest absolute Gasteiger partial charge is 0.319 e. The number of nitrogens with zero attached hydrogens (tertiary/aromatic N) is 5. The fraction of sp³-hybridized carbons (Fsp3) is 0.500. The molecule has 3 rings (SSSR count). The van der Waals surface area contributed by atoms with Gasteiger partial charge in [-0.05, 0) is 6.42 Å². The standard InChI is InChI=1S/C20H26F2N6O2/c1-6-12(8-23)16-25-14(13-9-24-18(30-5)27-17(13)29-4)7-15(26-16)28-10-19(2,3)20(21,22)11-28/h7-9H,6,10-11,23H2,1-5H3. The van der Waals surface area contributed by atoms with E-state index in [9.17, 15) is 8.78 Å². The van der Waals surface area contributed by atoms with Gasteiger partial charge in [0.05, 0.1) is 32.0 Å². The average molecular weight is 420 g/mol. The number of hydrogen-bond donors (Lipinski definition) is 1. The minimum atomic E-state index is -2.85. The Hall–Kier alpha value is -3.04. The van der Waals surface area contributed by atoms with E-state index in [1.807, 2.05) is 6.92 Å². The zero-order valence-electron chi connectivity index (χ0n) is 17.7. The van der Waals surface area contributed by atoms with Gasteiger partial charge in [0.25, 0.3) is 5.92 Å². The van der Waals surface area contributed by atoms with E-state index in [1.165, 1.54) is 26.6 Å². The molecule has 0 bridgehead atoms. The van der Waals surface area contributed by atoms with Crippen LogP contribution in [0.2, 0.25) is 0 Å². The van der Waals surface area contributed by atoms with Gasteiger partial charge in [-0.2, -0.15) is 4.98 Å². The Labute approximate surface area is 174 Å². The van der Waals surface area contributed by atoms with Crippen LogP contribution in [0.1, 0.15) is 33.0 Å². The number of rotatable bonds is 6. The second-order valence-electron chi connectivity index (χ2n) is 7.70. The van der Waals surface area contributed by atoms with Crippen molar-refractivity contribution in [3.8, 4) is 23.1 Å². The molecule has 162 valence electrons. The highest BCUT2D eigenvalue weighted by Crippen LogP contribution is 2.44. The highest BCUT2D eigenvalue weighted by atomic mass is 19.3. The van der Waals surface area contributed by atoms with Crippen molar-refractivity contribution in [2.24, 2.45) is 11.1 Å². The molecule has 3 heterocycles. The molecule has 0 amide bonds. The molecule has 0 spiro atoms. The molecule has 2 N–H and O–H groups in total. The van der Waals surface area contributed by atoms with Crippen LogP contribution >= 0.6 is 0 Å². The molecule has 0 aromatic carbocycles. The Balaban J connectivity index is 2.16. The first-order valence-electron chi connectivity index (χ1n) is 9.54. The third kappa shape index (κ3) is 3.86. The topological polar surface area (TPSA) is 99.3 Å². The summed E-state index contributed by atoms with van der Waals surface area (Å²) >= 11 is 0. The van der Waals surface area contributed by atoms with Gasteiger partial charge in [0.1, 0.15) is 5.82 Å². The number of halogens is 2. The molecular weight excluding hydrogens is 394 g/mol. The lowest BCUT2D eigenvalue weighted by Gasteiger charge is -2.24. The maximum absolute atomic E-state index is 14.5. The molecule has 30 heavy (non-hydrogen) atoms. The number of aromatic nitrogens is 4. The van der Waals surface area contributed by atoms with Crippen LogP contribution in [0.3, 0.4) is 0 Å². The van der Waals surface area contributed by atoms with Crippen LogP contribution in [0.5, 0.6) is 11.9 Å². The minimum Gasteiger partial charge on any atom is -0.480 e. The maximum atomic E-state index is 14.5. The summed E-state index contributed by atoms with van der Waals surface area (Å²) in [5.41, 5.74) is 6.18. The van der Waals surface area contributed by atoms with Crippen molar-refractivity contribution < 1.29 is 18.3 Å². The van der Waals surface area contributed by atoms with Crippen LogP contribution in [0, 0.1) is 5.41 Å². The monoisotopic (exact) mass is 420 g/mol. The third-order valence-corrected chi connectivity index (χ3v) is 5.26. The summed E-state index contributed by atoms with van der Waals surface area (Å²) in [6, 6.07) is 1.78. The van der Waals surface area contributed by atoms with Gasteiger partial charge in [0.15, 0.2) is 5.82 Å². The SMILES string of the molecule is CCC(=CN)c1nc(-c2cnc(OC)nc2OC)cc(N2CC(C)(C)C(F)(F)C2)n1. The van der Waals surface area contributed by atoms with Crippen molar-refractivity contribution in [1.29, 1.82) is 0 Å². The van der Waals surface area contributed by atoms with E-state index in [2.05, 4.69) is 19.9 Å². The molecule has 8 nitrogen and oxygen atoms in total. The van der Waals surface area contributed by atoms with Crippen LogP contribution in [0.4, 0.5) is 14.6 Å². The van der Waals surface area contributed by atoms with Crippen LogP contribution in [-0.2, 0) is 0 Å². The molecule has 0 unspecified atom stereocenters. The molecule has 0 atom stereocenters. The number of methoxy groups -OCH3 is 2. The number of ether oxygens (including phenoxy) is 2. The Morgan fingerprint density at radius 1 is 1.20 bits per heavy atom. The van der Waals surface area contributed by atoms with Gasteiger partial charge in [-0.25, -0.2) is 23.7 Å². The van der Waals surface area contributed by atoms with Crippen LogP contribution < -0.4 is 20.1 Å². The fourth-order valence-electron chi connectivity index (χ4n) is 3.27. The summed E-state index contributed by atoms with van der Waals surface area (Å²) in [7, 11) is 2.92. The van der Waals surface area contributed by atoms with Crippen LogP contribution in [-0.4, -0.2) is 53.2 Å². The Morgan fingerprint density at radius 2 is 1.93 bits per heavy atom. The van der Waals surface area contributed by atoms with Gasteiger partial charge in [-0.15, -0.1) is 0 Å². The molecular formula is C20H26F2N6O2. The third-order valence-electron chi connectivity index (χ3n) is 5.26. The highest BCUT2D eigenvalue weighted by molar-refractivity contribution is 5.70. The summed E-state index contributed by atoms with van der Waals surface area (Å²) in [6.45, 7) is 4.74. The van der Waals surface area contributed by atoms with Gasteiger partial charge >= 0.3 is 6.01 Å². The van der Waals surface area contributed by atoms with Gasteiger partial charge < -0.3 is 20.1 Å². The van der Waals surface area contributed by atoms with Crippen LogP contribution in [0.25, 0.3) is 16.8 Å². The fourth-order valence-corrected chi connectivity index (χ4v) is 3.27. The number of anilines is 1. The first-order valence-corrected chi connectivity index (χ1v) is 9.54. The van der Waals surface area contributed by atoms with Crippen molar-refractivity contribution in [2.45, 2.75) is 33.1 Å². The molecule has 2 aromatic rings. The quantitative estimate of drug-likeness (QED) is 0.761. The van der Waals surface area contributed by atoms with Crippen LogP contribution in [0.15, 0.2) is 18.5 Å². The second kappa shape index (κ2) is 8.00. The van der Waals surface area contributed by atoms with Gasteiger partial charge in [-0.1, -0.05) is 20.8 Å². The van der Waals surface area contributed by atoms with Gasteiger partial charge in [-0.3, -0.25) is 0 Å². The van der Waals surface area contributed by atoms with Crippen molar-refractivity contribution >= 4 is 11.4 Å². The lowest BCUT2D eigenvalue weighted by molar-refractivity contribution is -0.0642. The predicted molar refractivity (Wildman–Crippen MR) is 110 cm³/mol. The van der Waals surface area contributed by atoms with E-state index in [0.717, 1.165) is 0 Å². The highest BCUT2D eigenvalue weighted by Gasteiger charge is 2.54. The molecule has 0 radical (unpaired) electrons. The maximum Gasteiger partial charge on any atom is 0.319 e. The van der Waals surface area contributed by atoms with Gasteiger partial charge in [0, 0.05) is 36.0 Å². The largest absolute Gasteiger partial charge is 0.480 e. The number of allylic oxidation sites excluding steroid dienone is 1. The van der Waals surface area contributed by atoms with E-state index in [1.54, 1.807) is 24.8 Å². The van der Waals surface area contributed by atoms with E-state index >= 15 is 0 Å². The molecule has 1 saturated heterocycles. The lowest BCUT2D eigenvalue weighted by Crippen LogP contribution is -2.34. The first-order chi connectivity index (χ1) is 14.2. The molecule has 0 saturated carbocycles. The summed E-state index contributed by atoms with van der Waals surface area (Å²) in [6.07, 6.45) is 3.52. The lowest BCUT2D eigenvalue weighted by atomic mass is 9.89. The summed E-state index contributed by atoms with van der Waals surface area (Å²) in [5.74, 6) is -1.86. The van der Waals surface area contributed by atoms with E-state index < -0.39 is 17.9 Å². The molecule has 1 aliphatic heterocycles. The van der Waals surface area contributed by atoms with Gasteiger partial charge in [0.2, 0.25) is 5.88 Å². The predicted octanol–water partition coefficient (Wildman–Crippen LogP) is 3.14. The summed E-state index contributed by atoms with van der Waals surface area (Å²) in [4.78, 5) is 19.0. The normalized spacial score (nSPS) is 17.8. The molecule has 10 heteroatoms. The molecule has 2 aromatic heterocycles. The average Bonchev–Trinajstić information content (AvgIpc) is 2.95. The first kappa shape index (κ1) is 21.7. The van der Waals surface area contributed by atoms with E-state index in [0.29, 0.717) is 34.9 Å². The molecule has 1 aliphatic rings. The Morgan fingerprint density at radius 3 is 2.47 bits per heavy atom. The van der Waals surface area contributed by atoms with Crippen molar-refractivity contribution in [3.05, 3.63) is 24.3 Å². The van der Waals surface area contributed by atoms with Crippen molar-refractivity contribution in [1.82, 2.24) is 19.9 Å². The van der Waals surface area contributed by atoms with Crippen molar-refractivity contribution in [3.63, 3.8) is 0 Å². The Bertz CT molecular complexity index is 948. The summed E-state index contributed by atoms with van der Waals surface area (Å²) < 4.78 is 39.4. The zero-order valence-corrected chi connectivity index (χ0v) is 17.7. The number of nitrogens with two attached hydrogens (primary N) is 1. The number of alkyl halides is 2. The minimum absolute atomic E-state index is 0.141. The Kier molecular flexibility index (Phi) is 5.78. The second-order valence-corrected chi connectivity index (χ2v) is 7.70. The zero-order chi connectivity index (χ0) is 22.1. The molecule has 0 aliphatic carbocycles. The molecule has 1 fully saturated rings. The number of hydrogen-bond acceptors (Lipinski definition) is 8.